The third kappa shape index (κ3) is 4.46. The Hall–Kier alpha value is -3.02. The summed E-state index contributed by atoms with van der Waals surface area (Å²) in [5.41, 5.74) is 2.90. The fourth-order valence-corrected chi connectivity index (χ4v) is 7.50. The summed E-state index contributed by atoms with van der Waals surface area (Å²) >= 11 is 6.46. The number of rotatable bonds is 4. The Balaban J connectivity index is 1.62. The largest absolute Gasteiger partial charge is 0.438 e. The molecule has 36 heavy (non-hydrogen) atoms. The van der Waals surface area contributed by atoms with E-state index in [1.165, 1.54) is 15.4 Å². The number of fused-ring (bicyclic) bond motifs is 1. The first-order valence-electron chi connectivity index (χ1n) is 11.3. The van der Waals surface area contributed by atoms with E-state index in [0.717, 1.165) is 28.5 Å². The van der Waals surface area contributed by atoms with Gasteiger partial charge in [0.15, 0.2) is 9.84 Å². The first-order valence-corrected chi connectivity index (χ1v) is 14.3. The normalized spacial score (nSPS) is 20.6. The highest BCUT2D eigenvalue weighted by molar-refractivity contribution is 8.26. The van der Waals surface area contributed by atoms with Gasteiger partial charge >= 0.3 is 0 Å². The third-order valence-electron chi connectivity index (χ3n) is 6.26. The number of carbonyl (C=O) groups excluding carboxylic acids is 1. The fraction of sp³-hybridized carbons (Fsp3) is 0.280. The van der Waals surface area contributed by atoms with Gasteiger partial charge in [0.2, 0.25) is 5.88 Å². The molecule has 11 heteroatoms. The number of benzene rings is 1. The van der Waals surface area contributed by atoms with Crippen LogP contribution in [0.1, 0.15) is 28.7 Å². The highest BCUT2D eigenvalue weighted by Crippen LogP contribution is 2.37. The summed E-state index contributed by atoms with van der Waals surface area (Å²) in [6.45, 7) is 5.73. The number of thioether (sulfide) groups is 1. The Bertz CT molecular complexity index is 1640. The van der Waals surface area contributed by atoms with Gasteiger partial charge in [-0.3, -0.25) is 18.9 Å². The van der Waals surface area contributed by atoms with E-state index in [1.54, 1.807) is 12.3 Å². The number of thiocarbonyl (C=S) groups is 1. The summed E-state index contributed by atoms with van der Waals surface area (Å²) in [6, 6.07) is 8.79. The number of aryl methyl sites for hydroxylation is 3. The van der Waals surface area contributed by atoms with E-state index in [-0.39, 0.29) is 32.2 Å². The molecule has 1 aromatic carbocycles. The molecule has 0 bridgehead atoms. The minimum Gasteiger partial charge on any atom is -0.438 e. The molecule has 1 atom stereocenters. The molecule has 1 amide bonds. The summed E-state index contributed by atoms with van der Waals surface area (Å²) in [4.78, 5) is 33.1. The number of hydrogen-bond donors (Lipinski definition) is 0. The quantitative estimate of drug-likeness (QED) is 0.363. The molecule has 0 N–H and O–H groups in total. The molecule has 4 heterocycles. The van der Waals surface area contributed by atoms with Gasteiger partial charge in [0.1, 0.15) is 21.3 Å². The minimum atomic E-state index is -3.21. The van der Waals surface area contributed by atoms with Gasteiger partial charge < -0.3 is 4.74 Å². The van der Waals surface area contributed by atoms with E-state index in [1.807, 2.05) is 45.0 Å². The van der Waals surface area contributed by atoms with Gasteiger partial charge in [-0.25, -0.2) is 8.42 Å². The zero-order valence-electron chi connectivity index (χ0n) is 19.8. The minimum absolute atomic E-state index is 0.0248. The second-order valence-corrected chi connectivity index (χ2v) is 12.9. The van der Waals surface area contributed by atoms with Crippen LogP contribution in [0, 0.1) is 20.8 Å². The van der Waals surface area contributed by atoms with Crippen molar-refractivity contribution in [2.45, 2.75) is 33.2 Å². The predicted molar refractivity (Wildman–Crippen MR) is 144 cm³/mol. The molecule has 2 aliphatic heterocycles. The van der Waals surface area contributed by atoms with Gasteiger partial charge in [0.05, 0.1) is 22.5 Å². The van der Waals surface area contributed by atoms with Crippen molar-refractivity contribution in [2.24, 2.45) is 0 Å². The number of nitrogens with zero attached hydrogens (tertiary/aromatic N) is 3. The van der Waals surface area contributed by atoms with E-state index < -0.39 is 27.3 Å². The van der Waals surface area contributed by atoms with Crippen LogP contribution in [0.4, 0.5) is 0 Å². The second-order valence-electron chi connectivity index (χ2n) is 9.00. The zero-order valence-corrected chi connectivity index (χ0v) is 22.3. The van der Waals surface area contributed by atoms with Crippen molar-refractivity contribution in [2.75, 3.05) is 11.5 Å². The van der Waals surface area contributed by atoms with E-state index in [2.05, 4.69) is 4.98 Å². The molecule has 2 saturated heterocycles. The maximum absolute atomic E-state index is 13.6. The lowest BCUT2D eigenvalue weighted by molar-refractivity contribution is -0.123. The van der Waals surface area contributed by atoms with Crippen LogP contribution in [-0.2, 0) is 14.6 Å². The van der Waals surface area contributed by atoms with Crippen molar-refractivity contribution in [1.82, 2.24) is 14.3 Å². The number of aromatic nitrogens is 2. The Morgan fingerprint density at radius 2 is 1.94 bits per heavy atom. The zero-order chi connectivity index (χ0) is 25.8. The summed E-state index contributed by atoms with van der Waals surface area (Å²) in [7, 11) is -3.21. The van der Waals surface area contributed by atoms with Gasteiger partial charge in [-0.1, -0.05) is 47.7 Å². The molecule has 8 nitrogen and oxygen atoms in total. The van der Waals surface area contributed by atoms with Crippen molar-refractivity contribution in [1.29, 1.82) is 0 Å². The molecule has 1 unspecified atom stereocenters. The first-order chi connectivity index (χ1) is 17.0. The van der Waals surface area contributed by atoms with Gasteiger partial charge in [0.25, 0.3) is 11.5 Å². The van der Waals surface area contributed by atoms with Crippen LogP contribution in [0.2, 0.25) is 0 Å². The molecular formula is C25H23N3O5S3. The summed E-state index contributed by atoms with van der Waals surface area (Å²) in [5, 5.41) is 0. The first kappa shape index (κ1) is 24.7. The van der Waals surface area contributed by atoms with Crippen molar-refractivity contribution in [3.05, 3.63) is 74.0 Å². The number of hydrogen-bond acceptors (Lipinski definition) is 8. The van der Waals surface area contributed by atoms with E-state index in [9.17, 15) is 18.0 Å². The Labute approximate surface area is 217 Å². The highest BCUT2D eigenvalue weighted by atomic mass is 32.2. The molecule has 2 fully saturated rings. The highest BCUT2D eigenvalue weighted by Gasteiger charge is 2.42. The topological polar surface area (TPSA) is 98.1 Å². The lowest BCUT2D eigenvalue weighted by atomic mass is 10.1. The molecule has 3 aromatic rings. The Morgan fingerprint density at radius 1 is 1.17 bits per heavy atom. The van der Waals surface area contributed by atoms with Crippen LogP contribution in [0.5, 0.6) is 11.6 Å². The van der Waals surface area contributed by atoms with Gasteiger partial charge in [-0.2, -0.15) is 4.98 Å². The standard InChI is InChI=1S/C25H23N3O5S3/c1-14-6-7-19(16(3)11-14)33-22-18(23(29)27-9-4-5-15(2)21(27)26-22)12-20-24(30)28(25(34)35-20)17-8-10-36(31,32)13-17/h4-7,9,11-12,17H,8,10,13H2,1-3H3/b20-12+. The SMILES string of the molecule is Cc1ccc(Oc2nc3c(C)cccn3c(=O)c2/C=C2/SC(=S)N(C3CCS(=O)(=O)C3)C2=O)c(C)c1. The summed E-state index contributed by atoms with van der Waals surface area (Å²) < 4.78 is 31.8. The van der Waals surface area contributed by atoms with E-state index >= 15 is 0 Å². The van der Waals surface area contributed by atoms with Crippen molar-refractivity contribution < 1.29 is 17.9 Å². The van der Waals surface area contributed by atoms with Crippen LogP contribution in [0.25, 0.3) is 11.7 Å². The molecule has 5 rings (SSSR count). The van der Waals surface area contributed by atoms with Crippen LogP contribution in [-0.4, -0.2) is 50.5 Å². The Kier molecular flexibility index (Phi) is 6.26. The molecule has 2 aliphatic rings. The Morgan fingerprint density at radius 3 is 2.64 bits per heavy atom. The molecule has 186 valence electrons. The third-order valence-corrected chi connectivity index (χ3v) is 9.34. The molecule has 0 aliphatic carbocycles. The smallest absolute Gasteiger partial charge is 0.269 e. The number of sulfone groups is 1. The van der Waals surface area contributed by atoms with Crippen LogP contribution in [0.15, 0.2) is 46.2 Å². The lowest BCUT2D eigenvalue weighted by Crippen LogP contribution is -2.39. The van der Waals surface area contributed by atoms with Crippen LogP contribution < -0.4 is 10.3 Å². The van der Waals surface area contributed by atoms with Crippen molar-refractivity contribution in [3.8, 4) is 11.6 Å². The molecule has 2 aromatic heterocycles. The molecular weight excluding hydrogens is 518 g/mol. The number of carbonyl (C=O) groups is 1. The van der Waals surface area contributed by atoms with Crippen molar-refractivity contribution >= 4 is 55.8 Å². The average Bonchev–Trinajstić information content (AvgIpc) is 3.30. The van der Waals surface area contributed by atoms with Crippen molar-refractivity contribution in [3.63, 3.8) is 0 Å². The summed E-state index contributed by atoms with van der Waals surface area (Å²) in [6.07, 6.45) is 3.40. The average molecular weight is 542 g/mol. The van der Waals surface area contributed by atoms with Crippen LogP contribution in [0.3, 0.4) is 0 Å². The molecule has 0 saturated carbocycles. The van der Waals surface area contributed by atoms with E-state index in [0.29, 0.717) is 17.8 Å². The predicted octanol–water partition coefficient (Wildman–Crippen LogP) is 3.80. The maximum atomic E-state index is 13.6. The van der Waals surface area contributed by atoms with Gasteiger partial charge in [0, 0.05) is 6.20 Å². The maximum Gasteiger partial charge on any atom is 0.269 e. The van der Waals surface area contributed by atoms with Crippen LogP contribution >= 0.6 is 24.0 Å². The number of amides is 1. The molecule has 0 radical (unpaired) electrons. The summed E-state index contributed by atoms with van der Waals surface area (Å²) in [5.74, 6) is 0.113. The second kappa shape index (κ2) is 9.13. The van der Waals surface area contributed by atoms with Gasteiger partial charge in [-0.15, -0.1) is 0 Å². The van der Waals surface area contributed by atoms with Gasteiger partial charge in [-0.05, 0) is 56.5 Å². The lowest BCUT2D eigenvalue weighted by Gasteiger charge is -2.20. The number of ether oxygens (including phenoxy) is 1. The van der Waals surface area contributed by atoms with E-state index in [4.69, 9.17) is 17.0 Å². The fourth-order valence-electron chi connectivity index (χ4n) is 4.42. The monoisotopic (exact) mass is 541 g/mol. The molecule has 0 spiro atoms. The number of pyridine rings is 1.